The highest BCUT2D eigenvalue weighted by Crippen LogP contribution is 2.43. The van der Waals surface area contributed by atoms with Crippen LogP contribution in [0.4, 0.5) is 5.69 Å². The summed E-state index contributed by atoms with van der Waals surface area (Å²) in [7, 11) is 0. The van der Waals surface area contributed by atoms with Gasteiger partial charge >= 0.3 is 5.97 Å². The van der Waals surface area contributed by atoms with Crippen LogP contribution in [0.2, 0.25) is 0 Å². The number of nitrogens with one attached hydrogen (secondary N) is 1. The zero-order chi connectivity index (χ0) is 16.7. The zero-order valence-electron chi connectivity index (χ0n) is 13.5. The molecule has 1 amide bonds. The smallest absolute Gasteiger partial charge is 0.348 e. The minimum Gasteiger partial charge on any atom is -0.462 e. The number of carbonyl (C=O) groups is 2. The number of allylic oxidation sites excluding steroid dienone is 2. The summed E-state index contributed by atoms with van der Waals surface area (Å²) in [6, 6.07) is 7.59. The molecule has 0 aliphatic heterocycles. The van der Waals surface area contributed by atoms with Crippen LogP contribution >= 0.6 is 11.3 Å². The molecule has 2 bridgehead atoms. The van der Waals surface area contributed by atoms with Gasteiger partial charge in [-0.3, -0.25) is 4.79 Å². The molecule has 2 aliphatic rings. The molecule has 24 heavy (non-hydrogen) atoms. The monoisotopic (exact) mass is 341 g/mol. The van der Waals surface area contributed by atoms with Crippen molar-refractivity contribution in [2.24, 2.45) is 17.8 Å². The van der Waals surface area contributed by atoms with Crippen molar-refractivity contribution in [3.05, 3.63) is 41.3 Å². The molecule has 4 rings (SSSR count). The summed E-state index contributed by atoms with van der Waals surface area (Å²) < 4.78 is 6.06. The molecule has 1 aromatic carbocycles. The zero-order valence-corrected chi connectivity index (χ0v) is 14.3. The number of anilines is 1. The maximum absolute atomic E-state index is 12.5. The van der Waals surface area contributed by atoms with Gasteiger partial charge in [0.2, 0.25) is 5.91 Å². The molecular weight excluding hydrogens is 322 g/mol. The third-order valence-electron chi connectivity index (χ3n) is 4.88. The first-order chi connectivity index (χ1) is 11.6. The molecule has 0 radical (unpaired) electrons. The predicted octanol–water partition coefficient (Wildman–Crippen LogP) is 4.23. The number of benzene rings is 1. The first-order valence-electron chi connectivity index (χ1n) is 8.34. The van der Waals surface area contributed by atoms with Gasteiger partial charge in [0.1, 0.15) is 4.88 Å². The fourth-order valence-electron chi connectivity index (χ4n) is 3.74. The molecule has 1 fully saturated rings. The highest BCUT2D eigenvalue weighted by atomic mass is 32.1. The molecule has 1 heterocycles. The minimum absolute atomic E-state index is 0.0910. The van der Waals surface area contributed by atoms with Gasteiger partial charge in [-0.15, -0.1) is 11.3 Å². The number of esters is 1. The van der Waals surface area contributed by atoms with Gasteiger partial charge in [-0.05, 0) is 61.3 Å². The van der Waals surface area contributed by atoms with Gasteiger partial charge < -0.3 is 10.1 Å². The van der Waals surface area contributed by atoms with Crippen LogP contribution < -0.4 is 5.32 Å². The first-order valence-corrected chi connectivity index (χ1v) is 9.15. The van der Waals surface area contributed by atoms with E-state index in [9.17, 15) is 9.59 Å². The fraction of sp³-hybridized carbons (Fsp3) is 0.368. The average molecular weight is 341 g/mol. The maximum atomic E-state index is 12.5. The topological polar surface area (TPSA) is 55.4 Å². The summed E-state index contributed by atoms with van der Waals surface area (Å²) in [5.74, 6) is 0.880. The lowest BCUT2D eigenvalue weighted by Gasteiger charge is -2.17. The van der Waals surface area contributed by atoms with Crippen molar-refractivity contribution in [3.63, 3.8) is 0 Å². The van der Waals surface area contributed by atoms with Gasteiger partial charge in [0.15, 0.2) is 0 Å². The highest BCUT2D eigenvalue weighted by molar-refractivity contribution is 7.20. The minimum atomic E-state index is -0.293. The number of hydrogen-bond donors (Lipinski definition) is 1. The number of carbonyl (C=O) groups excluding carboxylic acids is 2. The summed E-state index contributed by atoms with van der Waals surface area (Å²) >= 11 is 1.41. The SMILES string of the molecule is CCOC(=O)c1cc2cc(NC(=O)C3CC4C=CC3C4)ccc2s1. The quantitative estimate of drug-likeness (QED) is 0.669. The van der Waals surface area contributed by atoms with E-state index in [0.717, 1.165) is 28.6 Å². The van der Waals surface area contributed by atoms with Gasteiger partial charge in [-0.25, -0.2) is 4.79 Å². The molecule has 124 valence electrons. The van der Waals surface area contributed by atoms with E-state index in [4.69, 9.17) is 4.74 Å². The van der Waals surface area contributed by atoms with Gasteiger partial charge in [0.25, 0.3) is 0 Å². The second-order valence-corrected chi connectivity index (χ2v) is 7.54. The largest absolute Gasteiger partial charge is 0.462 e. The lowest BCUT2D eigenvalue weighted by Crippen LogP contribution is -2.25. The van der Waals surface area contributed by atoms with E-state index in [-0.39, 0.29) is 17.8 Å². The second-order valence-electron chi connectivity index (χ2n) is 6.46. The van der Waals surface area contributed by atoms with Crippen molar-refractivity contribution in [1.29, 1.82) is 0 Å². The fourth-order valence-corrected chi connectivity index (χ4v) is 4.68. The van der Waals surface area contributed by atoms with Gasteiger partial charge in [0, 0.05) is 16.3 Å². The Morgan fingerprint density at radius 1 is 1.25 bits per heavy atom. The lowest BCUT2D eigenvalue weighted by atomic mass is 9.93. The Labute approximate surface area is 144 Å². The van der Waals surface area contributed by atoms with E-state index in [1.54, 1.807) is 6.92 Å². The summed E-state index contributed by atoms with van der Waals surface area (Å²) in [4.78, 5) is 25.0. The summed E-state index contributed by atoms with van der Waals surface area (Å²) in [6.45, 7) is 2.16. The van der Waals surface area contributed by atoms with Crippen LogP contribution in [-0.2, 0) is 9.53 Å². The van der Waals surface area contributed by atoms with Crippen molar-refractivity contribution in [3.8, 4) is 0 Å². The van der Waals surface area contributed by atoms with E-state index >= 15 is 0 Å². The number of fused-ring (bicyclic) bond motifs is 3. The second kappa shape index (κ2) is 6.06. The predicted molar refractivity (Wildman–Crippen MR) is 95.3 cm³/mol. The molecule has 1 saturated carbocycles. The van der Waals surface area contributed by atoms with Crippen molar-refractivity contribution in [2.45, 2.75) is 19.8 Å². The standard InChI is InChI=1S/C19H19NO3S/c1-2-23-19(22)17-10-13-9-14(5-6-16(13)24-17)20-18(21)15-8-11-3-4-12(15)7-11/h3-6,9-12,15H,2,7-8H2,1H3,(H,20,21). The van der Waals surface area contributed by atoms with E-state index in [2.05, 4.69) is 17.5 Å². The molecule has 5 heteroatoms. The molecule has 1 aromatic heterocycles. The Hall–Kier alpha value is -2.14. The first kappa shape index (κ1) is 15.4. The Kier molecular flexibility index (Phi) is 3.88. The number of ether oxygens (including phenoxy) is 1. The molecule has 2 aliphatic carbocycles. The Morgan fingerprint density at radius 2 is 2.12 bits per heavy atom. The molecule has 4 nitrogen and oxygen atoms in total. The number of amides is 1. The molecular formula is C19H19NO3S. The number of thiophene rings is 1. The summed E-state index contributed by atoms with van der Waals surface area (Å²) in [6.07, 6.45) is 6.50. The van der Waals surface area contributed by atoms with Gasteiger partial charge in [0.05, 0.1) is 6.61 Å². The van der Waals surface area contributed by atoms with Gasteiger partial charge in [-0.1, -0.05) is 12.2 Å². The van der Waals surface area contributed by atoms with Crippen molar-refractivity contribution < 1.29 is 14.3 Å². The normalized spacial score (nSPS) is 24.5. The number of hydrogen-bond acceptors (Lipinski definition) is 4. The number of rotatable bonds is 4. The summed E-state index contributed by atoms with van der Waals surface area (Å²) in [5.41, 5.74) is 0.785. The summed E-state index contributed by atoms with van der Waals surface area (Å²) in [5, 5.41) is 3.99. The highest BCUT2D eigenvalue weighted by Gasteiger charge is 2.39. The Balaban J connectivity index is 1.51. The van der Waals surface area contributed by atoms with Crippen molar-refractivity contribution >= 4 is 39.0 Å². The molecule has 1 N–H and O–H groups in total. The van der Waals surface area contributed by atoms with Crippen LogP contribution in [0.5, 0.6) is 0 Å². The molecule has 3 unspecified atom stereocenters. The van der Waals surface area contributed by atoms with Crippen LogP contribution in [-0.4, -0.2) is 18.5 Å². The van der Waals surface area contributed by atoms with Crippen LogP contribution in [0.3, 0.4) is 0 Å². The van der Waals surface area contributed by atoms with E-state index in [1.165, 1.54) is 11.3 Å². The van der Waals surface area contributed by atoms with Crippen molar-refractivity contribution in [1.82, 2.24) is 0 Å². The third-order valence-corrected chi connectivity index (χ3v) is 5.97. The van der Waals surface area contributed by atoms with Crippen molar-refractivity contribution in [2.75, 3.05) is 11.9 Å². The lowest BCUT2D eigenvalue weighted by molar-refractivity contribution is -0.120. The molecule has 0 spiro atoms. The van der Waals surface area contributed by atoms with Crippen LogP contribution in [0.15, 0.2) is 36.4 Å². The van der Waals surface area contributed by atoms with Crippen LogP contribution in [0, 0.1) is 17.8 Å². The van der Waals surface area contributed by atoms with E-state index in [0.29, 0.717) is 23.3 Å². The molecule has 0 saturated heterocycles. The average Bonchev–Trinajstić information content (AvgIpc) is 3.29. The third kappa shape index (κ3) is 2.73. The Morgan fingerprint density at radius 3 is 2.83 bits per heavy atom. The Bertz CT molecular complexity index is 838. The van der Waals surface area contributed by atoms with Crippen LogP contribution in [0.1, 0.15) is 29.4 Å². The van der Waals surface area contributed by atoms with E-state index in [1.807, 2.05) is 24.3 Å². The molecule has 3 atom stereocenters. The molecule has 2 aromatic rings. The van der Waals surface area contributed by atoms with E-state index < -0.39 is 0 Å². The van der Waals surface area contributed by atoms with Gasteiger partial charge in [-0.2, -0.15) is 0 Å². The van der Waals surface area contributed by atoms with Crippen LogP contribution in [0.25, 0.3) is 10.1 Å². The maximum Gasteiger partial charge on any atom is 0.348 e.